The standard InChI is InChI=1S/C18H22F3N3O/c1-3-14-16(17(25)23(2)13-7-5-4-6-8-13)24-11-12(18(19,20)21)9-10-15(24)22-14/h9-11,13H,3-8H2,1-2H3. The van der Waals surface area contributed by atoms with Crippen molar-refractivity contribution in [3.8, 4) is 0 Å². The molecule has 0 unspecified atom stereocenters. The Kier molecular flexibility index (Phi) is 4.75. The third-order valence-electron chi connectivity index (χ3n) is 5.00. The van der Waals surface area contributed by atoms with E-state index in [1.165, 1.54) is 16.9 Å². The second-order valence-electron chi connectivity index (χ2n) is 6.61. The van der Waals surface area contributed by atoms with Gasteiger partial charge in [-0.25, -0.2) is 4.98 Å². The highest BCUT2D eigenvalue weighted by Gasteiger charge is 2.33. The number of carbonyl (C=O) groups is 1. The Bertz CT molecular complexity index is 776. The molecule has 0 aromatic carbocycles. The minimum Gasteiger partial charge on any atom is -0.337 e. The Labute approximate surface area is 144 Å². The molecule has 3 rings (SSSR count). The van der Waals surface area contributed by atoms with Crippen molar-refractivity contribution in [2.24, 2.45) is 0 Å². The number of hydrogen-bond donors (Lipinski definition) is 0. The molecular formula is C18H22F3N3O. The average molecular weight is 353 g/mol. The van der Waals surface area contributed by atoms with E-state index in [0.717, 1.165) is 37.9 Å². The molecule has 0 bridgehead atoms. The Hall–Kier alpha value is -2.05. The number of rotatable bonds is 3. The lowest BCUT2D eigenvalue weighted by Gasteiger charge is -2.31. The quantitative estimate of drug-likeness (QED) is 0.824. The predicted molar refractivity (Wildman–Crippen MR) is 88.5 cm³/mol. The number of nitrogens with zero attached hydrogens (tertiary/aromatic N) is 3. The molecule has 2 heterocycles. The van der Waals surface area contributed by atoms with E-state index in [9.17, 15) is 18.0 Å². The van der Waals surface area contributed by atoms with Crippen LogP contribution >= 0.6 is 0 Å². The maximum absolute atomic E-state index is 13.1. The first-order valence-electron chi connectivity index (χ1n) is 8.68. The monoisotopic (exact) mass is 353 g/mol. The van der Waals surface area contributed by atoms with Crippen LogP contribution in [0.4, 0.5) is 13.2 Å². The summed E-state index contributed by atoms with van der Waals surface area (Å²) < 4.78 is 40.5. The van der Waals surface area contributed by atoms with E-state index in [2.05, 4.69) is 4.98 Å². The largest absolute Gasteiger partial charge is 0.417 e. The molecule has 1 saturated carbocycles. The van der Waals surface area contributed by atoms with Gasteiger partial charge in [-0.15, -0.1) is 0 Å². The predicted octanol–water partition coefficient (Wildman–Crippen LogP) is 4.32. The summed E-state index contributed by atoms with van der Waals surface area (Å²) in [6, 6.07) is 2.46. The highest BCUT2D eigenvalue weighted by Crippen LogP contribution is 2.30. The lowest BCUT2D eigenvalue weighted by molar-refractivity contribution is -0.137. The molecule has 1 aliphatic rings. The summed E-state index contributed by atoms with van der Waals surface area (Å²) in [6.45, 7) is 1.85. The summed E-state index contributed by atoms with van der Waals surface area (Å²) >= 11 is 0. The molecule has 1 aliphatic carbocycles. The summed E-state index contributed by atoms with van der Waals surface area (Å²) in [7, 11) is 1.74. The Morgan fingerprint density at radius 2 is 1.96 bits per heavy atom. The molecule has 0 N–H and O–H groups in total. The van der Waals surface area contributed by atoms with E-state index < -0.39 is 11.7 Å². The Morgan fingerprint density at radius 1 is 1.28 bits per heavy atom. The number of aryl methyl sites for hydroxylation is 1. The number of amides is 1. The van der Waals surface area contributed by atoms with E-state index >= 15 is 0 Å². The molecule has 2 aromatic heterocycles. The van der Waals surface area contributed by atoms with Gasteiger partial charge in [0.25, 0.3) is 5.91 Å². The summed E-state index contributed by atoms with van der Waals surface area (Å²) in [6.07, 6.45) is 2.21. The smallest absolute Gasteiger partial charge is 0.337 e. The Morgan fingerprint density at radius 3 is 2.56 bits per heavy atom. The van der Waals surface area contributed by atoms with Crippen LogP contribution in [0, 0.1) is 0 Å². The zero-order chi connectivity index (χ0) is 18.2. The number of halogens is 3. The van der Waals surface area contributed by atoms with Crippen molar-refractivity contribution in [2.75, 3.05) is 7.05 Å². The zero-order valence-corrected chi connectivity index (χ0v) is 14.4. The first-order valence-corrected chi connectivity index (χ1v) is 8.68. The van der Waals surface area contributed by atoms with Crippen LogP contribution in [0.15, 0.2) is 18.3 Å². The fourth-order valence-electron chi connectivity index (χ4n) is 3.54. The van der Waals surface area contributed by atoms with Crippen LogP contribution in [0.25, 0.3) is 5.65 Å². The third kappa shape index (κ3) is 3.37. The van der Waals surface area contributed by atoms with Gasteiger partial charge in [-0.2, -0.15) is 13.2 Å². The number of alkyl halides is 3. The maximum Gasteiger partial charge on any atom is 0.417 e. The van der Waals surface area contributed by atoms with E-state index in [1.54, 1.807) is 11.9 Å². The van der Waals surface area contributed by atoms with Gasteiger partial charge in [-0.05, 0) is 31.4 Å². The van der Waals surface area contributed by atoms with Crippen molar-refractivity contribution in [2.45, 2.75) is 57.7 Å². The lowest BCUT2D eigenvalue weighted by Crippen LogP contribution is -2.39. The second kappa shape index (κ2) is 6.69. The fraction of sp³-hybridized carbons (Fsp3) is 0.556. The molecule has 1 amide bonds. The van der Waals surface area contributed by atoms with Crippen LogP contribution in [-0.4, -0.2) is 33.3 Å². The fourth-order valence-corrected chi connectivity index (χ4v) is 3.54. The number of carbonyl (C=O) groups excluding carboxylic acids is 1. The topological polar surface area (TPSA) is 37.6 Å². The van der Waals surface area contributed by atoms with Crippen molar-refractivity contribution >= 4 is 11.6 Å². The SMILES string of the molecule is CCc1nc2ccc(C(F)(F)F)cn2c1C(=O)N(C)C1CCCCC1. The summed E-state index contributed by atoms with van der Waals surface area (Å²) in [5.41, 5.74) is 0.364. The normalized spacial score (nSPS) is 16.4. The van der Waals surface area contributed by atoms with Crippen LogP contribution in [0.1, 0.15) is 60.8 Å². The van der Waals surface area contributed by atoms with Gasteiger partial charge in [0, 0.05) is 19.3 Å². The van der Waals surface area contributed by atoms with Gasteiger partial charge in [0.05, 0.1) is 11.3 Å². The summed E-state index contributed by atoms with van der Waals surface area (Å²) in [4.78, 5) is 19.1. The van der Waals surface area contributed by atoms with Crippen LogP contribution in [0.3, 0.4) is 0 Å². The lowest BCUT2D eigenvalue weighted by atomic mass is 9.94. The minimum absolute atomic E-state index is 0.141. The van der Waals surface area contributed by atoms with E-state index in [-0.39, 0.29) is 17.6 Å². The van der Waals surface area contributed by atoms with Crippen molar-refractivity contribution in [3.63, 3.8) is 0 Å². The van der Waals surface area contributed by atoms with Gasteiger partial charge in [0.15, 0.2) is 0 Å². The van der Waals surface area contributed by atoms with Crippen molar-refractivity contribution < 1.29 is 18.0 Å². The molecule has 25 heavy (non-hydrogen) atoms. The molecule has 2 aromatic rings. The van der Waals surface area contributed by atoms with Gasteiger partial charge < -0.3 is 4.90 Å². The maximum atomic E-state index is 13.1. The number of aromatic nitrogens is 2. The molecular weight excluding hydrogens is 331 g/mol. The van der Waals surface area contributed by atoms with Gasteiger partial charge >= 0.3 is 6.18 Å². The molecule has 0 saturated heterocycles. The molecule has 0 aliphatic heterocycles. The zero-order valence-electron chi connectivity index (χ0n) is 14.4. The molecule has 7 heteroatoms. The molecule has 136 valence electrons. The van der Waals surface area contributed by atoms with Crippen LogP contribution < -0.4 is 0 Å². The van der Waals surface area contributed by atoms with Crippen molar-refractivity contribution in [1.82, 2.24) is 14.3 Å². The molecule has 0 atom stereocenters. The average Bonchev–Trinajstić information content (AvgIpc) is 2.98. The number of hydrogen-bond acceptors (Lipinski definition) is 2. The van der Waals surface area contributed by atoms with Gasteiger partial charge in [0.2, 0.25) is 0 Å². The van der Waals surface area contributed by atoms with Crippen LogP contribution in [-0.2, 0) is 12.6 Å². The molecule has 4 nitrogen and oxygen atoms in total. The number of pyridine rings is 1. The summed E-state index contributed by atoms with van der Waals surface area (Å²) in [5, 5.41) is 0. The summed E-state index contributed by atoms with van der Waals surface area (Å²) in [5.74, 6) is -0.254. The van der Waals surface area contributed by atoms with Crippen LogP contribution in [0.5, 0.6) is 0 Å². The van der Waals surface area contributed by atoms with Gasteiger partial charge in [-0.1, -0.05) is 26.2 Å². The second-order valence-corrected chi connectivity index (χ2v) is 6.61. The first-order chi connectivity index (χ1) is 11.8. The van der Waals surface area contributed by atoms with Gasteiger partial charge in [0.1, 0.15) is 11.3 Å². The molecule has 1 fully saturated rings. The first kappa shape index (κ1) is 17.8. The Balaban J connectivity index is 2.04. The van der Waals surface area contributed by atoms with E-state index in [0.29, 0.717) is 17.8 Å². The van der Waals surface area contributed by atoms with E-state index in [1.807, 2.05) is 6.92 Å². The van der Waals surface area contributed by atoms with E-state index in [4.69, 9.17) is 0 Å². The molecule has 0 spiro atoms. The van der Waals surface area contributed by atoms with Crippen molar-refractivity contribution in [1.29, 1.82) is 0 Å². The van der Waals surface area contributed by atoms with Crippen LogP contribution in [0.2, 0.25) is 0 Å². The number of imidazole rings is 1. The highest BCUT2D eigenvalue weighted by atomic mass is 19.4. The number of fused-ring (bicyclic) bond motifs is 1. The van der Waals surface area contributed by atoms with Gasteiger partial charge in [-0.3, -0.25) is 9.20 Å². The van der Waals surface area contributed by atoms with Crippen molar-refractivity contribution in [3.05, 3.63) is 35.3 Å². The third-order valence-corrected chi connectivity index (χ3v) is 5.00. The molecule has 0 radical (unpaired) electrons. The highest BCUT2D eigenvalue weighted by molar-refractivity contribution is 5.94. The minimum atomic E-state index is -4.46.